The molecule has 1 heterocycles. The van der Waals surface area contributed by atoms with Gasteiger partial charge < -0.3 is 5.73 Å². The Morgan fingerprint density at radius 3 is 2.63 bits per heavy atom. The molecular formula is C16H23N3. The molecule has 3 nitrogen and oxygen atoms in total. The normalized spacial score (nSPS) is 11.3. The predicted molar refractivity (Wildman–Crippen MR) is 80.2 cm³/mol. The highest BCUT2D eigenvalue weighted by molar-refractivity contribution is 5.65. The fourth-order valence-corrected chi connectivity index (χ4v) is 2.29. The van der Waals surface area contributed by atoms with Gasteiger partial charge in [-0.25, -0.2) is 0 Å². The summed E-state index contributed by atoms with van der Waals surface area (Å²) in [6, 6.07) is 8.79. The second kappa shape index (κ2) is 5.57. The van der Waals surface area contributed by atoms with Crippen molar-refractivity contribution in [2.75, 3.05) is 6.54 Å². The third-order valence-electron chi connectivity index (χ3n) is 3.58. The molecule has 2 N–H and O–H groups in total. The SMILES string of the molecule is Cc1ccc(C(C)C)cc1-c1cc(CCN)n(C)n1. The van der Waals surface area contributed by atoms with E-state index in [0.29, 0.717) is 12.5 Å². The maximum Gasteiger partial charge on any atom is 0.0928 e. The molecule has 0 saturated carbocycles. The van der Waals surface area contributed by atoms with E-state index in [1.165, 1.54) is 22.4 Å². The van der Waals surface area contributed by atoms with E-state index in [9.17, 15) is 0 Å². The lowest BCUT2D eigenvalue weighted by atomic mass is 9.96. The molecule has 0 unspecified atom stereocenters. The lowest BCUT2D eigenvalue weighted by Crippen LogP contribution is -2.06. The van der Waals surface area contributed by atoms with Crippen LogP contribution >= 0.6 is 0 Å². The Balaban J connectivity index is 2.45. The van der Waals surface area contributed by atoms with Crippen molar-refractivity contribution in [1.29, 1.82) is 0 Å². The van der Waals surface area contributed by atoms with Gasteiger partial charge in [-0.05, 0) is 42.6 Å². The fourth-order valence-electron chi connectivity index (χ4n) is 2.29. The number of benzene rings is 1. The molecule has 0 saturated heterocycles. The molecule has 0 fully saturated rings. The first-order valence-electron chi connectivity index (χ1n) is 6.86. The van der Waals surface area contributed by atoms with Crippen LogP contribution in [-0.4, -0.2) is 16.3 Å². The van der Waals surface area contributed by atoms with Crippen LogP contribution in [0.2, 0.25) is 0 Å². The van der Waals surface area contributed by atoms with Crippen LogP contribution in [0.15, 0.2) is 24.3 Å². The van der Waals surface area contributed by atoms with E-state index >= 15 is 0 Å². The summed E-state index contributed by atoms with van der Waals surface area (Å²) in [6.07, 6.45) is 0.867. The average molecular weight is 257 g/mol. The quantitative estimate of drug-likeness (QED) is 0.915. The maximum atomic E-state index is 5.63. The lowest BCUT2D eigenvalue weighted by molar-refractivity contribution is 0.708. The minimum Gasteiger partial charge on any atom is -0.330 e. The molecule has 0 amide bonds. The minimum absolute atomic E-state index is 0.534. The first-order valence-corrected chi connectivity index (χ1v) is 6.86. The van der Waals surface area contributed by atoms with Crippen LogP contribution in [0.5, 0.6) is 0 Å². The van der Waals surface area contributed by atoms with E-state index in [0.717, 1.165) is 12.1 Å². The number of hydrogen-bond donors (Lipinski definition) is 1. The molecule has 1 aromatic heterocycles. The van der Waals surface area contributed by atoms with Gasteiger partial charge in [0.05, 0.1) is 5.69 Å². The minimum atomic E-state index is 0.534. The highest BCUT2D eigenvalue weighted by Crippen LogP contribution is 2.27. The van der Waals surface area contributed by atoms with Gasteiger partial charge in [-0.15, -0.1) is 0 Å². The summed E-state index contributed by atoms with van der Waals surface area (Å²) in [5, 5.41) is 4.62. The van der Waals surface area contributed by atoms with Crippen LogP contribution in [-0.2, 0) is 13.5 Å². The van der Waals surface area contributed by atoms with Gasteiger partial charge in [-0.3, -0.25) is 4.68 Å². The van der Waals surface area contributed by atoms with Crippen molar-refractivity contribution in [1.82, 2.24) is 9.78 Å². The molecule has 0 aliphatic rings. The Labute approximate surface area is 115 Å². The van der Waals surface area contributed by atoms with Crippen LogP contribution in [0.3, 0.4) is 0 Å². The highest BCUT2D eigenvalue weighted by Gasteiger charge is 2.11. The second-order valence-corrected chi connectivity index (χ2v) is 5.41. The highest BCUT2D eigenvalue weighted by atomic mass is 15.3. The number of hydrogen-bond acceptors (Lipinski definition) is 2. The number of aromatic nitrogens is 2. The van der Waals surface area contributed by atoms with Crippen LogP contribution in [0, 0.1) is 6.92 Å². The molecule has 0 spiro atoms. The summed E-state index contributed by atoms with van der Waals surface area (Å²) in [4.78, 5) is 0. The van der Waals surface area contributed by atoms with Gasteiger partial charge in [0.2, 0.25) is 0 Å². The van der Waals surface area contributed by atoms with Gasteiger partial charge >= 0.3 is 0 Å². The molecule has 0 aliphatic carbocycles. The molecule has 0 atom stereocenters. The lowest BCUT2D eigenvalue weighted by Gasteiger charge is -2.09. The topological polar surface area (TPSA) is 43.8 Å². The first-order chi connectivity index (χ1) is 9.02. The summed E-state index contributed by atoms with van der Waals surface area (Å²) in [5.41, 5.74) is 11.7. The summed E-state index contributed by atoms with van der Waals surface area (Å²) >= 11 is 0. The summed E-state index contributed by atoms with van der Waals surface area (Å²) < 4.78 is 1.93. The van der Waals surface area contributed by atoms with Crippen molar-refractivity contribution in [2.45, 2.75) is 33.1 Å². The van der Waals surface area contributed by atoms with Crippen molar-refractivity contribution in [2.24, 2.45) is 12.8 Å². The van der Waals surface area contributed by atoms with Gasteiger partial charge in [0, 0.05) is 24.7 Å². The van der Waals surface area contributed by atoms with E-state index in [1.807, 2.05) is 11.7 Å². The van der Waals surface area contributed by atoms with Crippen molar-refractivity contribution in [3.05, 3.63) is 41.1 Å². The van der Waals surface area contributed by atoms with Crippen molar-refractivity contribution < 1.29 is 0 Å². The maximum absolute atomic E-state index is 5.63. The third kappa shape index (κ3) is 2.87. The fraction of sp³-hybridized carbons (Fsp3) is 0.438. The monoisotopic (exact) mass is 257 g/mol. The summed E-state index contributed by atoms with van der Waals surface area (Å²) in [5.74, 6) is 0.534. The van der Waals surface area contributed by atoms with E-state index in [-0.39, 0.29) is 0 Å². The second-order valence-electron chi connectivity index (χ2n) is 5.41. The van der Waals surface area contributed by atoms with Gasteiger partial charge in [0.1, 0.15) is 0 Å². The third-order valence-corrected chi connectivity index (χ3v) is 3.58. The van der Waals surface area contributed by atoms with E-state index in [1.54, 1.807) is 0 Å². The van der Waals surface area contributed by atoms with Gasteiger partial charge in [-0.1, -0.05) is 26.0 Å². The number of nitrogens with zero attached hydrogens (tertiary/aromatic N) is 2. The van der Waals surface area contributed by atoms with Crippen molar-refractivity contribution >= 4 is 0 Å². The Morgan fingerprint density at radius 2 is 2.00 bits per heavy atom. The summed E-state index contributed by atoms with van der Waals surface area (Å²) in [7, 11) is 1.98. The van der Waals surface area contributed by atoms with Crippen LogP contribution < -0.4 is 5.73 Å². The van der Waals surface area contributed by atoms with Gasteiger partial charge in [0.15, 0.2) is 0 Å². The van der Waals surface area contributed by atoms with Crippen LogP contribution in [0.1, 0.15) is 36.6 Å². The number of nitrogens with two attached hydrogens (primary N) is 1. The zero-order valence-electron chi connectivity index (χ0n) is 12.3. The zero-order valence-corrected chi connectivity index (χ0v) is 12.3. The number of rotatable bonds is 4. The Bertz CT molecular complexity index is 567. The first kappa shape index (κ1) is 13.8. The van der Waals surface area contributed by atoms with Gasteiger partial charge in [0.25, 0.3) is 0 Å². The smallest absolute Gasteiger partial charge is 0.0928 e. The number of aryl methyl sites for hydroxylation is 2. The predicted octanol–water partition coefficient (Wildman–Crippen LogP) is 3.02. The molecule has 0 radical (unpaired) electrons. The van der Waals surface area contributed by atoms with Crippen molar-refractivity contribution in [3.63, 3.8) is 0 Å². The Morgan fingerprint density at radius 1 is 1.26 bits per heavy atom. The van der Waals surface area contributed by atoms with Gasteiger partial charge in [-0.2, -0.15) is 5.10 Å². The van der Waals surface area contributed by atoms with E-state index in [4.69, 9.17) is 5.73 Å². The molecule has 2 rings (SSSR count). The Hall–Kier alpha value is -1.61. The molecule has 2 aromatic rings. The standard InChI is InChI=1S/C16H23N3/c1-11(2)13-6-5-12(3)15(9-13)16-10-14(7-8-17)19(4)18-16/h5-6,9-11H,7-8,17H2,1-4H3. The van der Waals surface area contributed by atoms with Crippen LogP contribution in [0.4, 0.5) is 0 Å². The molecule has 102 valence electrons. The van der Waals surface area contributed by atoms with E-state index in [2.05, 4.69) is 50.1 Å². The van der Waals surface area contributed by atoms with E-state index < -0.39 is 0 Å². The zero-order chi connectivity index (χ0) is 14.0. The average Bonchev–Trinajstić information content (AvgIpc) is 2.71. The molecule has 0 bridgehead atoms. The molecule has 3 heteroatoms. The molecule has 0 aliphatic heterocycles. The Kier molecular flexibility index (Phi) is 4.05. The van der Waals surface area contributed by atoms with Crippen LogP contribution in [0.25, 0.3) is 11.3 Å². The largest absolute Gasteiger partial charge is 0.330 e. The van der Waals surface area contributed by atoms with Crippen molar-refractivity contribution in [3.8, 4) is 11.3 Å². The molecule has 1 aromatic carbocycles. The molecule has 19 heavy (non-hydrogen) atoms. The molecular weight excluding hydrogens is 234 g/mol. The summed E-state index contributed by atoms with van der Waals surface area (Å²) in [6.45, 7) is 7.22.